The van der Waals surface area contributed by atoms with Crippen molar-refractivity contribution in [2.24, 2.45) is 5.92 Å². The van der Waals surface area contributed by atoms with Crippen LogP contribution in [0.1, 0.15) is 18.6 Å². The number of benzene rings is 1. The second-order valence-corrected chi connectivity index (χ2v) is 5.29. The molecule has 4 nitrogen and oxygen atoms in total. The van der Waals surface area contributed by atoms with E-state index >= 15 is 0 Å². The van der Waals surface area contributed by atoms with Gasteiger partial charge in [-0.3, -0.25) is 5.10 Å². The first-order valence-corrected chi connectivity index (χ1v) is 6.64. The number of aromatic nitrogens is 2. The summed E-state index contributed by atoms with van der Waals surface area (Å²) in [6, 6.07) is 5.53. The number of carbonyl (C=O) groups excluding carboxylic acids is 1. The average molecular weight is 289 g/mol. The van der Waals surface area contributed by atoms with E-state index in [1.807, 2.05) is 19.1 Å². The van der Waals surface area contributed by atoms with Crippen LogP contribution in [0.4, 0.5) is 0 Å². The van der Waals surface area contributed by atoms with E-state index in [2.05, 4.69) is 16.8 Å². The molecule has 2 unspecified atom stereocenters. The van der Waals surface area contributed by atoms with Gasteiger partial charge in [0.2, 0.25) is 0 Å². The van der Waals surface area contributed by atoms with Crippen LogP contribution in [0.5, 0.6) is 0 Å². The van der Waals surface area contributed by atoms with Gasteiger partial charge in [-0.15, -0.1) is 0 Å². The molecular weight excluding hydrogens is 276 g/mol. The molecule has 2 aromatic rings. The molecule has 1 saturated heterocycles. The van der Waals surface area contributed by atoms with Crippen molar-refractivity contribution in [3.8, 4) is 11.1 Å². The number of nitrogens with one attached hydrogen (secondary N) is 1. The summed E-state index contributed by atoms with van der Waals surface area (Å²) < 4.78 is 5.44. The highest BCUT2D eigenvalue weighted by atomic mass is 35.5. The standard InChI is InChI=1S/C15H13ClN2O2/c1-8-9(2)15(19)20-14(8)12-4-3-11(16)5-13(12)10-6-17-18-7-10/h3-8,14H,2H2,1H3,(H,17,18). The molecule has 0 bridgehead atoms. The van der Waals surface area contributed by atoms with Crippen molar-refractivity contribution in [3.63, 3.8) is 0 Å². The summed E-state index contributed by atoms with van der Waals surface area (Å²) in [5.41, 5.74) is 3.23. The van der Waals surface area contributed by atoms with Crippen molar-refractivity contribution in [2.45, 2.75) is 13.0 Å². The monoisotopic (exact) mass is 288 g/mol. The largest absolute Gasteiger partial charge is 0.453 e. The smallest absolute Gasteiger partial charge is 0.334 e. The Morgan fingerprint density at radius 1 is 1.45 bits per heavy atom. The minimum Gasteiger partial charge on any atom is -0.453 e. The number of halogens is 1. The minimum atomic E-state index is -0.337. The number of ether oxygens (including phenoxy) is 1. The molecule has 102 valence electrons. The maximum atomic E-state index is 11.7. The van der Waals surface area contributed by atoms with E-state index in [1.165, 1.54) is 0 Å². The maximum absolute atomic E-state index is 11.7. The summed E-state index contributed by atoms with van der Waals surface area (Å²) in [5, 5.41) is 7.35. The predicted molar refractivity (Wildman–Crippen MR) is 76.2 cm³/mol. The van der Waals surface area contributed by atoms with Crippen LogP contribution in [0, 0.1) is 5.92 Å². The van der Waals surface area contributed by atoms with Crippen LogP contribution in [0.2, 0.25) is 5.02 Å². The number of carbonyl (C=O) groups is 1. The lowest BCUT2D eigenvalue weighted by Crippen LogP contribution is -2.06. The highest BCUT2D eigenvalue weighted by molar-refractivity contribution is 6.30. The van der Waals surface area contributed by atoms with Gasteiger partial charge in [-0.25, -0.2) is 4.79 Å². The quantitative estimate of drug-likeness (QED) is 0.679. The fourth-order valence-electron chi connectivity index (χ4n) is 2.42. The predicted octanol–water partition coefficient (Wildman–Crippen LogP) is 3.52. The maximum Gasteiger partial charge on any atom is 0.334 e. The van der Waals surface area contributed by atoms with E-state index < -0.39 is 0 Å². The first-order valence-electron chi connectivity index (χ1n) is 6.26. The van der Waals surface area contributed by atoms with Gasteiger partial charge in [0, 0.05) is 33.8 Å². The number of H-pyrrole nitrogens is 1. The van der Waals surface area contributed by atoms with Crippen molar-refractivity contribution in [1.82, 2.24) is 10.2 Å². The van der Waals surface area contributed by atoms with Gasteiger partial charge in [-0.2, -0.15) is 5.10 Å². The fourth-order valence-corrected chi connectivity index (χ4v) is 2.59. The Balaban J connectivity index is 2.11. The van der Waals surface area contributed by atoms with E-state index in [9.17, 15) is 4.79 Å². The Kier molecular flexibility index (Phi) is 3.10. The lowest BCUT2D eigenvalue weighted by molar-refractivity contribution is -0.139. The summed E-state index contributed by atoms with van der Waals surface area (Å²) in [7, 11) is 0. The van der Waals surface area contributed by atoms with Gasteiger partial charge in [-0.05, 0) is 17.7 Å². The molecule has 5 heteroatoms. The summed E-state index contributed by atoms with van der Waals surface area (Å²) in [5.74, 6) is -0.398. The van der Waals surface area contributed by atoms with E-state index in [0.29, 0.717) is 10.6 Å². The number of hydrogen-bond acceptors (Lipinski definition) is 3. The van der Waals surface area contributed by atoms with Crippen LogP contribution in [-0.4, -0.2) is 16.2 Å². The third-order valence-corrected chi connectivity index (χ3v) is 3.87. The van der Waals surface area contributed by atoms with Crippen LogP contribution in [0.15, 0.2) is 42.7 Å². The second-order valence-electron chi connectivity index (χ2n) is 4.86. The molecule has 1 N–H and O–H groups in total. The Morgan fingerprint density at radius 2 is 2.25 bits per heavy atom. The topological polar surface area (TPSA) is 55.0 Å². The average Bonchev–Trinajstić information content (AvgIpc) is 3.04. The normalized spacial score (nSPS) is 22.1. The molecule has 1 fully saturated rings. The Bertz CT molecular complexity index is 679. The van der Waals surface area contributed by atoms with Crippen molar-refractivity contribution in [2.75, 3.05) is 0 Å². The van der Waals surface area contributed by atoms with Gasteiger partial charge < -0.3 is 4.74 Å². The minimum absolute atomic E-state index is 0.0608. The van der Waals surface area contributed by atoms with Crippen LogP contribution in [0.3, 0.4) is 0 Å². The van der Waals surface area contributed by atoms with Crippen molar-refractivity contribution >= 4 is 17.6 Å². The molecule has 1 aromatic heterocycles. The third-order valence-electron chi connectivity index (χ3n) is 3.63. The first-order chi connectivity index (χ1) is 9.58. The first kappa shape index (κ1) is 12.9. The molecule has 20 heavy (non-hydrogen) atoms. The van der Waals surface area contributed by atoms with Gasteiger partial charge in [0.1, 0.15) is 6.10 Å². The van der Waals surface area contributed by atoms with E-state index in [4.69, 9.17) is 16.3 Å². The van der Waals surface area contributed by atoms with Crippen molar-refractivity contribution in [1.29, 1.82) is 0 Å². The molecule has 2 atom stereocenters. The molecule has 3 rings (SSSR count). The molecule has 1 aliphatic heterocycles. The molecule has 1 aromatic carbocycles. The molecule has 0 radical (unpaired) electrons. The zero-order valence-electron chi connectivity index (χ0n) is 10.9. The Labute approximate surface area is 121 Å². The summed E-state index contributed by atoms with van der Waals surface area (Å²) in [6.07, 6.45) is 3.16. The molecule has 1 aliphatic rings. The lowest BCUT2D eigenvalue weighted by atomic mass is 9.90. The Morgan fingerprint density at radius 3 is 2.85 bits per heavy atom. The lowest BCUT2D eigenvalue weighted by Gasteiger charge is -2.18. The van der Waals surface area contributed by atoms with Crippen LogP contribution in [0.25, 0.3) is 11.1 Å². The zero-order valence-corrected chi connectivity index (χ0v) is 11.6. The molecule has 2 heterocycles. The highest BCUT2D eigenvalue weighted by Crippen LogP contribution is 2.42. The summed E-state index contributed by atoms with van der Waals surface area (Å²) >= 11 is 6.08. The highest BCUT2D eigenvalue weighted by Gasteiger charge is 2.37. The third kappa shape index (κ3) is 2.02. The molecule has 0 amide bonds. The van der Waals surface area contributed by atoms with Crippen LogP contribution < -0.4 is 0 Å². The molecule has 0 aliphatic carbocycles. The van der Waals surface area contributed by atoms with Crippen LogP contribution >= 0.6 is 11.6 Å². The van der Waals surface area contributed by atoms with Gasteiger partial charge >= 0.3 is 5.97 Å². The summed E-state index contributed by atoms with van der Waals surface area (Å²) in [6.45, 7) is 5.72. The number of nitrogens with zero attached hydrogens (tertiary/aromatic N) is 1. The van der Waals surface area contributed by atoms with E-state index in [1.54, 1.807) is 18.5 Å². The number of rotatable bonds is 2. The SMILES string of the molecule is C=C1C(=O)OC(c2ccc(Cl)cc2-c2cn[nH]c2)C1C. The summed E-state index contributed by atoms with van der Waals surface area (Å²) in [4.78, 5) is 11.7. The molecule has 0 saturated carbocycles. The Hall–Kier alpha value is -2.07. The van der Waals surface area contributed by atoms with Crippen LogP contribution in [-0.2, 0) is 9.53 Å². The van der Waals surface area contributed by atoms with Gasteiger partial charge in [0.25, 0.3) is 0 Å². The number of aromatic amines is 1. The van der Waals surface area contributed by atoms with Gasteiger partial charge in [-0.1, -0.05) is 31.2 Å². The van der Waals surface area contributed by atoms with Gasteiger partial charge in [0.05, 0.1) is 6.20 Å². The number of cyclic esters (lactones) is 1. The van der Waals surface area contributed by atoms with E-state index in [-0.39, 0.29) is 18.0 Å². The second kappa shape index (κ2) is 4.80. The molecule has 0 spiro atoms. The molecular formula is C15H13ClN2O2. The zero-order chi connectivity index (χ0) is 14.3. The van der Waals surface area contributed by atoms with E-state index in [0.717, 1.165) is 16.7 Å². The fraction of sp³-hybridized carbons (Fsp3) is 0.200. The van der Waals surface area contributed by atoms with Gasteiger partial charge in [0.15, 0.2) is 0 Å². The number of esters is 1. The van der Waals surface area contributed by atoms with Crippen molar-refractivity contribution < 1.29 is 9.53 Å². The number of hydrogen-bond donors (Lipinski definition) is 1. The van der Waals surface area contributed by atoms with Crippen molar-refractivity contribution in [3.05, 3.63) is 53.3 Å².